The van der Waals surface area contributed by atoms with Crippen molar-refractivity contribution in [3.63, 3.8) is 0 Å². The Hall–Kier alpha value is -2.49. The molecule has 0 spiro atoms. The predicted octanol–water partition coefficient (Wildman–Crippen LogP) is 3.03. The number of aromatic hydroxyl groups is 1. The topological polar surface area (TPSA) is 66.6 Å². The Labute approximate surface area is 118 Å². The highest BCUT2D eigenvalue weighted by Crippen LogP contribution is 2.21. The van der Waals surface area contributed by atoms with E-state index in [1.54, 1.807) is 35.2 Å². The number of nitrogens with zero attached hydrogens (tertiary/aromatic N) is 1. The summed E-state index contributed by atoms with van der Waals surface area (Å²) in [5.41, 5.74) is 7.60. The van der Waals surface area contributed by atoms with Gasteiger partial charge in [-0.1, -0.05) is 13.0 Å². The molecule has 2 aromatic carbocycles. The van der Waals surface area contributed by atoms with E-state index in [2.05, 4.69) is 0 Å². The van der Waals surface area contributed by atoms with Crippen molar-refractivity contribution in [3.8, 4) is 5.75 Å². The maximum Gasteiger partial charge on any atom is 0.258 e. The molecule has 0 aliphatic carbocycles. The zero-order valence-corrected chi connectivity index (χ0v) is 11.4. The average Bonchev–Trinajstić information content (AvgIpc) is 2.45. The summed E-state index contributed by atoms with van der Waals surface area (Å²) in [7, 11) is 0. The SMILES string of the molecule is CCCN(C(=O)c1cccc(O)c1)c1ccc(N)cc1. The Morgan fingerprint density at radius 2 is 1.90 bits per heavy atom. The Balaban J connectivity index is 2.33. The lowest BCUT2D eigenvalue weighted by Gasteiger charge is -2.22. The van der Waals surface area contributed by atoms with Crippen molar-refractivity contribution in [2.75, 3.05) is 17.2 Å². The van der Waals surface area contributed by atoms with Gasteiger partial charge in [-0.05, 0) is 48.9 Å². The van der Waals surface area contributed by atoms with Crippen molar-refractivity contribution in [2.24, 2.45) is 0 Å². The number of nitrogens with two attached hydrogens (primary N) is 1. The van der Waals surface area contributed by atoms with Gasteiger partial charge in [-0.25, -0.2) is 0 Å². The molecule has 0 unspecified atom stereocenters. The van der Waals surface area contributed by atoms with E-state index in [1.165, 1.54) is 6.07 Å². The predicted molar refractivity (Wildman–Crippen MR) is 80.9 cm³/mol. The van der Waals surface area contributed by atoms with Crippen molar-refractivity contribution in [2.45, 2.75) is 13.3 Å². The molecule has 20 heavy (non-hydrogen) atoms. The van der Waals surface area contributed by atoms with E-state index in [9.17, 15) is 9.90 Å². The van der Waals surface area contributed by atoms with E-state index in [0.29, 0.717) is 17.8 Å². The van der Waals surface area contributed by atoms with Crippen LogP contribution < -0.4 is 10.6 Å². The number of phenolic OH excluding ortho intramolecular Hbond substituents is 1. The van der Waals surface area contributed by atoms with E-state index in [-0.39, 0.29) is 11.7 Å². The normalized spacial score (nSPS) is 10.2. The quantitative estimate of drug-likeness (QED) is 0.839. The molecule has 1 amide bonds. The van der Waals surface area contributed by atoms with Gasteiger partial charge in [0, 0.05) is 23.5 Å². The number of anilines is 2. The Kier molecular flexibility index (Phi) is 4.25. The van der Waals surface area contributed by atoms with Crippen molar-refractivity contribution < 1.29 is 9.90 Å². The van der Waals surface area contributed by atoms with Crippen LogP contribution in [0, 0.1) is 0 Å². The monoisotopic (exact) mass is 270 g/mol. The van der Waals surface area contributed by atoms with Gasteiger partial charge >= 0.3 is 0 Å². The van der Waals surface area contributed by atoms with Gasteiger partial charge in [0.1, 0.15) is 5.75 Å². The molecule has 0 aliphatic rings. The summed E-state index contributed by atoms with van der Waals surface area (Å²) in [4.78, 5) is 14.2. The number of nitrogen functional groups attached to an aromatic ring is 1. The summed E-state index contributed by atoms with van der Waals surface area (Å²) in [6, 6.07) is 13.6. The van der Waals surface area contributed by atoms with E-state index in [0.717, 1.165) is 12.1 Å². The van der Waals surface area contributed by atoms with Crippen LogP contribution in [0.5, 0.6) is 5.75 Å². The highest BCUT2D eigenvalue weighted by molar-refractivity contribution is 6.06. The summed E-state index contributed by atoms with van der Waals surface area (Å²) in [6.07, 6.45) is 0.842. The van der Waals surface area contributed by atoms with Crippen molar-refractivity contribution in [3.05, 3.63) is 54.1 Å². The second-order valence-corrected chi connectivity index (χ2v) is 4.60. The third kappa shape index (κ3) is 3.09. The number of hydrogen-bond acceptors (Lipinski definition) is 3. The highest BCUT2D eigenvalue weighted by Gasteiger charge is 2.17. The summed E-state index contributed by atoms with van der Waals surface area (Å²) in [5.74, 6) is -0.0443. The van der Waals surface area contributed by atoms with Crippen LogP contribution in [0.2, 0.25) is 0 Å². The minimum absolute atomic E-state index is 0.0876. The number of phenols is 1. The number of benzene rings is 2. The van der Waals surface area contributed by atoms with Crippen LogP contribution in [-0.4, -0.2) is 17.6 Å². The maximum absolute atomic E-state index is 12.6. The second-order valence-electron chi connectivity index (χ2n) is 4.60. The molecule has 0 atom stereocenters. The molecule has 0 heterocycles. The fourth-order valence-corrected chi connectivity index (χ4v) is 2.02. The lowest BCUT2D eigenvalue weighted by molar-refractivity contribution is 0.0986. The number of hydrogen-bond donors (Lipinski definition) is 2. The van der Waals surface area contributed by atoms with Gasteiger partial charge < -0.3 is 15.7 Å². The number of amides is 1. The Bertz CT molecular complexity index is 594. The van der Waals surface area contributed by atoms with Gasteiger partial charge in [0.05, 0.1) is 0 Å². The average molecular weight is 270 g/mol. The first-order valence-electron chi connectivity index (χ1n) is 6.58. The molecule has 104 valence electrons. The van der Waals surface area contributed by atoms with E-state index in [1.807, 2.05) is 19.1 Å². The van der Waals surface area contributed by atoms with E-state index < -0.39 is 0 Å². The molecule has 0 aromatic heterocycles. The Morgan fingerprint density at radius 1 is 1.20 bits per heavy atom. The third-order valence-electron chi connectivity index (χ3n) is 2.99. The van der Waals surface area contributed by atoms with Crippen LogP contribution in [0.3, 0.4) is 0 Å². The lowest BCUT2D eigenvalue weighted by atomic mass is 10.1. The maximum atomic E-state index is 12.6. The van der Waals surface area contributed by atoms with Gasteiger partial charge in [-0.2, -0.15) is 0 Å². The van der Waals surface area contributed by atoms with Crippen LogP contribution in [0.4, 0.5) is 11.4 Å². The molecule has 0 saturated heterocycles. The summed E-state index contributed by atoms with van der Waals surface area (Å²) in [6.45, 7) is 2.62. The summed E-state index contributed by atoms with van der Waals surface area (Å²) >= 11 is 0. The Morgan fingerprint density at radius 3 is 2.50 bits per heavy atom. The molecular formula is C16H18N2O2. The van der Waals surface area contributed by atoms with Crippen molar-refractivity contribution in [1.82, 2.24) is 0 Å². The fourth-order valence-electron chi connectivity index (χ4n) is 2.02. The van der Waals surface area contributed by atoms with Crippen molar-refractivity contribution in [1.29, 1.82) is 0 Å². The molecular weight excluding hydrogens is 252 g/mol. The van der Waals surface area contributed by atoms with Gasteiger partial charge in [-0.3, -0.25) is 4.79 Å². The number of carbonyl (C=O) groups excluding carboxylic acids is 1. The van der Waals surface area contributed by atoms with Gasteiger partial charge in [0.25, 0.3) is 5.91 Å². The second kappa shape index (κ2) is 6.10. The van der Waals surface area contributed by atoms with Crippen LogP contribution >= 0.6 is 0 Å². The minimum Gasteiger partial charge on any atom is -0.508 e. The van der Waals surface area contributed by atoms with Crippen LogP contribution in [0.15, 0.2) is 48.5 Å². The van der Waals surface area contributed by atoms with Gasteiger partial charge in [-0.15, -0.1) is 0 Å². The smallest absolute Gasteiger partial charge is 0.258 e. The molecule has 2 rings (SSSR count). The zero-order valence-electron chi connectivity index (χ0n) is 11.4. The summed E-state index contributed by atoms with van der Waals surface area (Å²) in [5, 5.41) is 9.49. The van der Waals surface area contributed by atoms with Crippen LogP contribution in [0.25, 0.3) is 0 Å². The number of carbonyl (C=O) groups is 1. The first kappa shape index (κ1) is 13.9. The molecule has 0 aliphatic heterocycles. The molecule has 4 heteroatoms. The first-order valence-corrected chi connectivity index (χ1v) is 6.58. The van der Waals surface area contributed by atoms with Crippen molar-refractivity contribution >= 4 is 17.3 Å². The standard InChI is InChI=1S/C16H18N2O2/c1-2-10-18(14-8-6-13(17)7-9-14)16(20)12-4-3-5-15(19)11-12/h3-9,11,19H,2,10,17H2,1H3. The molecule has 4 nitrogen and oxygen atoms in total. The van der Waals surface area contributed by atoms with E-state index in [4.69, 9.17) is 5.73 Å². The molecule has 2 aromatic rings. The molecule has 0 saturated carbocycles. The summed E-state index contributed by atoms with van der Waals surface area (Å²) < 4.78 is 0. The van der Waals surface area contributed by atoms with Crippen LogP contribution in [0.1, 0.15) is 23.7 Å². The third-order valence-corrected chi connectivity index (χ3v) is 2.99. The zero-order chi connectivity index (χ0) is 14.5. The fraction of sp³-hybridized carbons (Fsp3) is 0.188. The van der Waals surface area contributed by atoms with E-state index >= 15 is 0 Å². The van der Waals surface area contributed by atoms with Gasteiger partial charge in [0.2, 0.25) is 0 Å². The highest BCUT2D eigenvalue weighted by atomic mass is 16.3. The largest absolute Gasteiger partial charge is 0.508 e. The molecule has 0 radical (unpaired) electrons. The minimum atomic E-state index is -0.132. The molecule has 3 N–H and O–H groups in total. The first-order chi connectivity index (χ1) is 9.61. The van der Waals surface area contributed by atoms with Crippen LogP contribution in [-0.2, 0) is 0 Å². The molecule has 0 fully saturated rings. The molecule has 0 bridgehead atoms. The van der Waals surface area contributed by atoms with Gasteiger partial charge in [0.15, 0.2) is 0 Å². The lowest BCUT2D eigenvalue weighted by Crippen LogP contribution is -2.31. The number of rotatable bonds is 4.